The lowest BCUT2D eigenvalue weighted by Gasteiger charge is -2.34. The Morgan fingerprint density at radius 1 is 1.12 bits per heavy atom. The van der Waals surface area contributed by atoms with Crippen LogP contribution in [0.2, 0.25) is 0 Å². The molecule has 2 aliphatic rings. The minimum atomic E-state index is -1.07. The minimum Gasteiger partial charge on any atom is -0.508 e. The quantitative estimate of drug-likeness (QED) is 0.509. The fraction of sp³-hybridized carbons (Fsp3) is 0.565. The number of phenols is 1. The van der Waals surface area contributed by atoms with E-state index in [9.17, 15) is 24.9 Å². The van der Waals surface area contributed by atoms with Crippen LogP contribution in [0.15, 0.2) is 33.2 Å². The molecule has 0 bridgehead atoms. The lowest BCUT2D eigenvalue weighted by molar-refractivity contribution is -0.145. The molecule has 0 aliphatic heterocycles. The summed E-state index contributed by atoms with van der Waals surface area (Å²) >= 11 is 0. The van der Waals surface area contributed by atoms with E-state index in [1.807, 2.05) is 0 Å². The van der Waals surface area contributed by atoms with Crippen LogP contribution in [0.3, 0.4) is 0 Å². The number of aromatic hydroxyl groups is 1. The highest BCUT2D eigenvalue weighted by Crippen LogP contribution is 2.44. The van der Waals surface area contributed by atoms with Crippen molar-refractivity contribution in [1.29, 1.82) is 0 Å². The Morgan fingerprint density at radius 2 is 1.81 bits per heavy atom. The molecular weight excluding hydrogens is 412 g/mol. The number of hydrogen-bond acceptors (Lipinski definition) is 6. The highest BCUT2D eigenvalue weighted by Gasteiger charge is 2.43. The SMILES string of the molecule is Cc1[nH]n(C2CCC(O)CC2)c(=O)c1N=Nc1ccc(C2(C(=O)O)CCCCC2)c(O)c1. The maximum absolute atomic E-state index is 12.8. The van der Waals surface area contributed by atoms with Crippen molar-refractivity contribution >= 4 is 17.3 Å². The van der Waals surface area contributed by atoms with Crippen LogP contribution in [0.1, 0.15) is 75.1 Å². The predicted molar refractivity (Wildman–Crippen MR) is 118 cm³/mol. The third kappa shape index (κ3) is 4.09. The number of carbonyl (C=O) groups is 1. The van der Waals surface area contributed by atoms with Gasteiger partial charge in [-0.2, -0.15) is 5.11 Å². The summed E-state index contributed by atoms with van der Waals surface area (Å²) in [6, 6.07) is 4.64. The second kappa shape index (κ2) is 8.90. The summed E-state index contributed by atoms with van der Waals surface area (Å²) in [5.74, 6) is -1.03. The standard InChI is InChI=1S/C23H30N4O5/c1-14-20(21(30)27(26-14)16-6-8-17(28)9-7-16)25-24-15-5-10-18(19(29)13-15)23(22(31)32)11-3-2-4-12-23/h5,10,13,16-17,26,28-29H,2-4,6-9,11-12H2,1H3,(H,31,32). The Hall–Kier alpha value is -2.94. The average Bonchev–Trinajstić information content (AvgIpc) is 3.06. The minimum absolute atomic E-state index is 0.000389. The first-order valence-corrected chi connectivity index (χ1v) is 11.3. The Kier molecular flexibility index (Phi) is 6.19. The van der Waals surface area contributed by atoms with Crippen molar-refractivity contribution in [2.45, 2.75) is 82.3 Å². The van der Waals surface area contributed by atoms with Gasteiger partial charge in [-0.3, -0.25) is 14.7 Å². The van der Waals surface area contributed by atoms with Gasteiger partial charge < -0.3 is 15.3 Å². The second-order valence-corrected chi connectivity index (χ2v) is 9.07. The van der Waals surface area contributed by atoms with Crippen molar-refractivity contribution in [3.8, 4) is 5.75 Å². The Balaban J connectivity index is 1.58. The van der Waals surface area contributed by atoms with E-state index in [0.29, 0.717) is 42.6 Å². The molecule has 9 heteroatoms. The predicted octanol–water partition coefficient (Wildman–Crippen LogP) is 4.37. The number of benzene rings is 1. The van der Waals surface area contributed by atoms with Crippen molar-refractivity contribution in [3.63, 3.8) is 0 Å². The first kappa shape index (κ1) is 22.3. The van der Waals surface area contributed by atoms with Crippen LogP contribution in [-0.2, 0) is 10.2 Å². The number of H-pyrrole nitrogens is 1. The largest absolute Gasteiger partial charge is 0.508 e. The molecule has 0 amide bonds. The molecule has 0 radical (unpaired) electrons. The lowest BCUT2D eigenvalue weighted by Crippen LogP contribution is -2.37. The summed E-state index contributed by atoms with van der Waals surface area (Å²) < 4.78 is 1.57. The highest BCUT2D eigenvalue weighted by molar-refractivity contribution is 5.83. The van der Waals surface area contributed by atoms with Gasteiger partial charge in [-0.1, -0.05) is 25.3 Å². The number of rotatable bonds is 5. The maximum atomic E-state index is 12.8. The molecule has 2 saturated carbocycles. The molecular formula is C23H30N4O5. The van der Waals surface area contributed by atoms with E-state index in [-0.39, 0.29) is 29.1 Å². The number of aromatic amines is 1. The topological polar surface area (TPSA) is 140 Å². The van der Waals surface area contributed by atoms with E-state index in [1.165, 1.54) is 6.07 Å². The summed E-state index contributed by atoms with van der Waals surface area (Å²) in [6.45, 7) is 1.75. The molecule has 0 spiro atoms. The molecule has 172 valence electrons. The Morgan fingerprint density at radius 3 is 2.44 bits per heavy atom. The number of nitrogens with zero attached hydrogens (tertiary/aromatic N) is 3. The molecule has 4 N–H and O–H groups in total. The van der Waals surface area contributed by atoms with Gasteiger partial charge in [0.25, 0.3) is 5.56 Å². The molecule has 1 aromatic heterocycles. The van der Waals surface area contributed by atoms with Crippen LogP contribution < -0.4 is 5.56 Å². The zero-order valence-electron chi connectivity index (χ0n) is 18.3. The van der Waals surface area contributed by atoms with Gasteiger partial charge in [0.05, 0.1) is 28.9 Å². The fourth-order valence-electron chi connectivity index (χ4n) is 5.10. The summed E-state index contributed by atoms with van der Waals surface area (Å²) in [6.07, 6.45) is 6.08. The maximum Gasteiger partial charge on any atom is 0.314 e. The number of carboxylic acid groups (broad SMARTS) is 1. The molecule has 0 unspecified atom stereocenters. The monoisotopic (exact) mass is 442 g/mol. The van der Waals surface area contributed by atoms with Gasteiger partial charge in [-0.15, -0.1) is 5.11 Å². The Bertz CT molecular complexity index is 1070. The average molecular weight is 443 g/mol. The molecule has 2 fully saturated rings. The summed E-state index contributed by atoms with van der Waals surface area (Å²) in [5.41, 5.74) is 0.210. The van der Waals surface area contributed by atoms with Crippen molar-refractivity contribution < 1.29 is 20.1 Å². The van der Waals surface area contributed by atoms with Crippen LogP contribution in [0, 0.1) is 6.92 Å². The zero-order valence-corrected chi connectivity index (χ0v) is 18.3. The number of hydrogen-bond donors (Lipinski definition) is 4. The smallest absolute Gasteiger partial charge is 0.314 e. The van der Waals surface area contributed by atoms with Crippen LogP contribution in [-0.4, -0.2) is 37.2 Å². The van der Waals surface area contributed by atoms with E-state index >= 15 is 0 Å². The van der Waals surface area contributed by atoms with E-state index in [1.54, 1.807) is 23.7 Å². The van der Waals surface area contributed by atoms with E-state index < -0.39 is 11.4 Å². The van der Waals surface area contributed by atoms with E-state index in [0.717, 1.165) is 32.1 Å². The van der Waals surface area contributed by atoms with Crippen molar-refractivity contribution in [1.82, 2.24) is 9.78 Å². The molecule has 9 nitrogen and oxygen atoms in total. The third-order valence-corrected chi connectivity index (χ3v) is 6.97. The van der Waals surface area contributed by atoms with Gasteiger partial charge in [0, 0.05) is 11.6 Å². The van der Waals surface area contributed by atoms with Crippen molar-refractivity contribution in [2.24, 2.45) is 10.2 Å². The number of aliphatic hydroxyl groups excluding tert-OH is 1. The van der Waals surface area contributed by atoms with Crippen LogP contribution in [0.25, 0.3) is 0 Å². The number of azo groups is 1. The van der Waals surface area contributed by atoms with E-state index in [2.05, 4.69) is 15.3 Å². The molecule has 0 saturated heterocycles. The molecule has 4 rings (SSSR count). The number of aliphatic hydroxyl groups is 1. The van der Waals surface area contributed by atoms with Crippen molar-refractivity contribution in [2.75, 3.05) is 0 Å². The second-order valence-electron chi connectivity index (χ2n) is 9.07. The first-order chi connectivity index (χ1) is 15.3. The van der Waals surface area contributed by atoms with Gasteiger partial charge in [0.1, 0.15) is 5.75 Å². The summed E-state index contributed by atoms with van der Waals surface area (Å²) in [4.78, 5) is 24.9. The highest BCUT2D eigenvalue weighted by atomic mass is 16.4. The van der Waals surface area contributed by atoms with Gasteiger partial charge in [0.15, 0.2) is 5.69 Å². The molecule has 1 heterocycles. The van der Waals surface area contributed by atoms with Gasteiger partial charge in [-0.05, 0) is 51.5 Å². The number of phenolic OH excluding ortho intramolecular Hbond substituents is 1. The lowest BCUT2D eigenvalue weighted by atomic mass is 9.69. The first-order valence-electron chi connectivity index (χ1n) is 11.3. The number of nitrogens with one attached hydrogen (secondary N) is 1. The molecule has 1 aromatic carbocycles. The zero-order chi connectivity index (χ0) is 22.9. The summed E-state index contributed by atoms with van der Waals surface area (Å²) in [7, 11) is 0. The molecule has 0 atom stereocenters. The van der Waals surface area contributed by atoms with Gasteiger partial charge in [-0.25, -0.2) is 4.68 Å². The molecule has 2 aliphatic carbocycles. The van der Waals surface area contributed by atoms with Crippen LogP contribution in [0.4, 0.5) is 11.4 Å². The normalized spacial score (nSPS) is 23.4. The third-order valence-electron chi connectivity index (χ3n) is 6.97. The van der Waals surface area contributed by atoms with Gasteiger partial charge >= 0.3 is 5.97 Å². The number of aryl methyl sites for hydroxylation is 1. The molecule has 32 heavy (non-hydrogen) atoms. The fourth-order valence-corrected chi connectivity index (χ4v) is 5.10. The number of aliphatic carboxylic acids is 1. The number of aromatic nitrogens is 2. The number of carboxylic acids is 1. The Labute approximate surface area is 185 Å². The van der Waals surface area contributed by atoms with Gasteiger partial charge in [0.2, 0.25) is 0 Å². The summed E-state index contributed by atoms with van der Waals surface area (Å²) in [5, 5.41) is 41.5. The van der Waals surface area contributed by atoms with Crippen LogP contribution in [0.5, 0.6) is 5.75 Å². The van der Waals surface area contributed by atoms with E-state index in [4.69, 9.17) is 0 Å². The van der Waals surface area contributed by atoms with Crippen LogP contribution >= 0.6 is 0 Å². The molecule has 2 aromatic rings. The van der Waals surface area contributed by atoms with Crippen molar-refractivity contribution in [3.05, 3.63) is 39.8 Å².